The summed E-state index contributed by atoms with van der Waals surface area (Å²) >= 11 is 0. The zero-order chi connectivity index (χ0) is 44.1. The van der Waals surface area contributed by atoms with Crippen molar-refractivity contribution >= 4 is 35.8 Å². The minimum Gasteiger partial charge on any atom is -0.460 e. The molecular weight excluding hydrogens is 801 g/mol. The second kappa shape index (κ2) is 18.9. The van der Waals surface area contributed by atoms with Crippen molar-refractivity contribution in [2.24, 2.45) is 11.8 Å². The SMILES string of the molecule is CN(C(=O)C1=C[C@H]2OC(C3CC3)(C3CC3)O[C@H]2[C@H](OC(=O)c2cccc(C=CC(=O)OCC(F)(F)F)c2)C1)[C@H](Cc1ccccc1)C(=O)N[C@H](CO)CCC(=O)OC(C)(C)C. The van der Waals surface area contributed by atoms with Crippen LogP contribution in [0.5, 0.6) is 0 Å². The number of nitrogens with one attached hydrogen (secondary N) is 1. The monoisotopic (exact) mass is 854 g/mol. The number of aliphatic hydroxyl groups excluding tert-OH is 1. The minimum absolute atomic E-state index is 0.0529. The molecule has 0 unspecified atom stereocenters. The summed E-state index contributed by atoms with van der Waals surface area (Å²) in [7, 11) is 1.50. The first-order chi connectivity index (χ1) is 28.8. The summed E-state index contributed by atoms with van der Waals surface area (Å²) in [5.41, 5.74) is 0.681. The highest BCUT2D eigenvalue weighted by atomic mass is 19.4. The Bertz CT molecular complexity index is 1980. The fraction of sp³-hybridized carbons (Fsp3) is 0.533. The summed E-state index contributed by atoms with van der Waals surface area (Å²) in [6.45, 7) is 3.03. The molecule has 0 bridgehead atoms. The van der Waals surface area contributed by atoms with Crippen LogP contribution in [0.15, 0.2) is 72.3 Å². The summed E-state index contributed by atoms with van der Waals surface area (Å²) < 4.78 is 66.6. The Kier molecular flexibility index (Phi) is 14.1. The quantitative estimate of drug-likeness (QED) is 0.115. The number of benzene rings is 2. The van der Waals surface area contributed by atoms with Gasteiger partial charge in [0.05, 0.1) is 18.2 Å². The highest BCUT2D eigenvalue weighted by molar-refractivity contribution is 5.97. The number of amides is 2. The first-order valence-corrected chi connectivity index (χ1v) is 20.6. The van der Waals surface area contributed by atoms with Crippen LogP contribution in [-0.4, -0.2) is 108 Å². The van der Waals surface area contributed by atoms with Gasteiger partial charge in [0.15, 0.2) is 12.4 Å². The van der Waals surface area contributed by atoms with Crippen molar-refractivity contribution in [3.8, 4) is 0 Å². The first-order valence-electron chi connectivity index (χ1n) is 20.6. The number of aliphatic hydroxyl groups is 1. The fourth-order valence-corrected chi connectivity index (χ4v) is 7.70. The fourth-order valence-electron chi connectivity index (χ4n) is 7.70. The van der Waals surface area contributed by atoms with Gasteiger partial charge in [-0.25, -0.2) is 9.59 Å². The lowest BCUT2D eigenvalue weighted by Gasteiger charge is -2.34. The summed E-state index contributed by atoms with van der Waals surface area (Å²) in [6, 6.07) is 13.2. The molecule has 4 aliphatic rings. The van der Waals surface area contributed by atoms with Crippen molar-refractivity contribution in [3.05, 3.63) is 89.0 Å². The number of nitrogens with zero attached hydrogens (tertiary/aromatic N) is 1. The van der Waals surface area contributed by atoms with E-state index in [-0.39, 0.29) is 48.7 Å². The number of carbonyl (C=O) groups excluding carboxylic acids is 5. The van der Waals surface area contributed by atoms with Crippen molar-refractivity contribution in [1.29, 1.82) is 0 Å². The predicted octanol–water partition coefficient (Wildman–Crippen LogP) is 5.63. The van der Waals surface area contributed by atoms with E-state index in [1.165, 1.54) is 42.3 Å². The van der Waals surface area contributed by atoms with Crippen molar-refractivity contribution in [3.63, 3.8) is 0 Å². The van der Waals surface area contributed by atoms with Crippen LogP contribution in [0.3, 0.4) is 0 Å². The van der Waals surface area contributed by atoms with Gasteiger partial charge in [0.25, 0.3) is 0 Å². The van der Waals surface area contributed by atoms with Crippen LogP contribution in [0.25, 0.3) is 6.08 Å². The normalized spacial score (nSPS) is 22.0. The Morgan fingerprint density at radius 2 is 1.67 bits per heavy atom. The number of halogens is 3. The average molecular weight is 855 g/mol. The van der Waals surface area contributed by atoms with Gasteiger partial charge < -0.3 is 39.0 Å². The van der Waals surface area contributed by atoms with E-state index in [2.05, 4.69) is 10.1 Å². The molecule has 61 heavy (non-hydrogen) atoms. The van der Waals surface area contributed by atoms with Gasteiger partial charge in [-0.3, -0.25) is 14.4 Å². The molecule has 2 aromatic carbocycles. The molecule has 13 nitrogen and oxygen atoms in total. The molecule has 3 aliphatic carbocycles. The summed E-state index contributed by atoms with van der Waals surface area (Å²) in [6.07, 6.45) is 0.247. The molecule has 16 heteroatoms. The maximum atomic E-state index is 14.6. The van der Waals surface area contributed by atoms with E-state index in [4.69, 9.17) is 18.9 Å². The van der Waals surface area contributed by atoms with Gasteiger partial charge in [-0.15, -0.1) is 0 Å². The molecule has 6 rings (SSSR count). The number of esters is 3. The third-order valence-electron chi connectivity index (χ3n) is 10.9. The van der Waals surface area contributed by atoms with Crippen LogP contribution < -0.4 is 5.32 Å². The van der Waals surface area contributed by atoms with Crippen molar-refractivity contribution in [1.82, 2.24) is 10.2 Å². The number of rotatable bonds is 17. The molecule has 5 atom stereocenters. The highest BCUT2D eigenvalue weighted by Crippen LogP contribution is 2.59. The molecule has 330 valence electrons. The van der Waals surface area contributed by atoms with E-state index >= 15 is 0 Å². The Labute approximate surface area is 352 Å². The molecular formula is C45H53F3N2O11. The van der Waals surface area contributed by atoms with Gasteiger partial charge in [0.1, 0.15) is 30.0 Å². The lowest BCUT2D eigenvalue weighted by atomic mass is 9.90. The van der Waals surface area contributed by atoms with E-state index in [0.717, 1.165) is 37.3 Å². The number of hydrogen-bond donors (Lipinski definition) is 2. The average Bonchev–Trinajstić information content (AvgIpc) is 4.16. The van der Waals surface area contributed by atoms with Crippen LogP contribution in [-0.2, 0) is 49.3 Å². The standard InChI is InChI=1S/C45H53F3N2O11/c1-43(2,3)60-38(53)20-18-33(25-51)49-40(54)34(22-27-9-6-5-7-10-27)50(4)41(55)30-23-35(39-36(24-30)59-45(61-39,31-14-15-31)32-16-17-32)58-42(56)29-12-8-11-28(21-29)13-19-37(52)57-26-44(46,47)48/h5-13,19,21,24,31-36,39,51H,14-18,20,22-23,25-26H2,1-4H3,(H,49,54)/t33-,34+,35+,36+,39-/m0/s1. The number of alkyl halides is 3. The molecule has 0 spiro atoms. The first kappa shape index (κ1) is 45.5. The molecule has 0 radical (unpaired) electrons. The Morgan fingerprint density at radius 1 is 0.984 bits per heavy atom. The van der Waals surface area contributed by atoms with Crippen molar-refractivity contribution in [2.45, 2.75) is 120 Å². The number of hydrogen-bond acceptors (Lipinski definition) is 11. The van der Waals surface area contributed by atoms with Gasteiger partial charge in [0, 0.05) is 49.8 Å². The van der Waals surface area contributed by atoms with Crippen LogP contribution in [0.1, 0.15) is 87.2 Å². The van der Waals surface area contributed by atoms with Gasteiger partial charge in [-0.1, -0.05) is 42.5 Å². The molecule has 2 amide bonds. The van der Waals surface area contributed by atoms with Gasteiger partial charge >= 0.3 is 24.1 Å². The Hall–Kier alpha value is -5.06. The predicted molar refractivity (Wildman–Crippen MR) is 213 cm³/mol. The molecule has 2 N–H and O–H groups in total. The van der Waals surface area contributed by atoms with Crippen LogP contribution in [0, 0.1) is 11.8 Å². The van der Waals surface area contributed by atoms with E-state index in [1.54, 1.807) is 26.8 Å². The maximum Gasteiger partial charge on any atom is 0.422 e. The van der Waals surface area contributed by atoms with E-state index in [9.17, 15) is 42.3 Å². The number of fused-ring (bicyclic) bond motifs is 1. The van der Waals surface area contributed by atoms with Crippen LogP contribution in [0.2, 0.25) is 0 Å². The molecule has 2 aromatic rings. The summed E-state index contributed by atoms with van der Waals surface area (Å²) in [5.74, 6) is -4.13. The zero-order valence-corrected chi connectivity index (χ0v) is 34.7. The van der Waals surface area contributed by atoms with Gasteiger partial charge in [0.2, 0.25) is 11.8 Å². The molecule has 0 aromatic heterocycles. The van der Waals surface area contributed by atoms with Crippen molar-refractivity contribution in [2.75, 3.05) is 20.3 Å². The molecule has 1 heterocycles. The Morgan fingerprint density at radius 3 is 2.30 bits per heavy atom. The summed E-state index contributed by atoms with van der Waals surface area (Å²) in [5, 5.41) is 13.0. The maximum absolute atomic E-state index is 14.6. The summed E-state index contributed by atoms with van der Waals surface area (Å²) in [4.78, 5) is 68.0. The third-order valence-corrected chi connectivity index (χ3v) is 10.9. The zero-order valence-electron chi connectivity index (χ0n) is 34.7. The topological polar surface area (TPSA) is 167 Å². The third kappa shape index (κ3) is 12.3. The highest BCUT2D eigenvalue weighted by Gasteiger charge is 2.64. The van der Waals surface area contributed by atoms with E-state index in [0.29, 0.717) is 5.56 Å². The van der Waals surface area contributed by atoms with Gasteiger partial charge in [-0.05, 0) is 88.3 Å². The van der Waals surface area contributed by atoms with Crippen LogP contribution in [0.4, 0.5) is 13.2 Å². The molecule has 2 saturated carbocycles. The molecule has 1 aliphatic heterocycles. The largest absolute Gasteiger partial charge is 0.460 e. The molecule has 3 fully saturated rings. The number of likely N-dealkylation sites (N-methyl/N-ethyl adjacent to an activating group) is 1. The van der Waals surface area contributed by atoms with Gasteiger partial charge in [-0.2, -0.15) is 13.2 Å². The second-order valence-corrected chi connectivity index (χ2v) is 17.1. The van der Waals surface area contributed by atoms with E-state index < -0.39 is 90.9 Å². The minimum atomic E-state index is -4.68. The lowest BCUT2D eigenvalue weighted by Crippen LogP contribution is -2.53. The number of carbonyl (C=O) groups is 5. The second-order valence-electron chi connectivity index (χ2n) is 17.1. The Balaban J connectivity index is 1.21. The number of ether oxygens (including phenoxy) is 5. The smallest absolute Gasteiger partial charge is 0.422 e. The van der Waals surface area contributed by atoms with Crippen LogP contribution >= 0.6 is 0 Å². The lowest BCUT2D eigenvalue weighted by molar-refractivity contribution is -0.209. The van der Waals surface area contributed by atoms with E-state index in [1.807, 2.05) is 30.3 Å². The molecule has 1 saturated heterocycles. The van der Waals surface area contributed by atoms with Crippen molar-refractivity contribution < 1.29 is 65.9 Å².